The molecule has 0 aliphatic carbocycles. The third-order valence-corrected chi connectivity index (χ3v) is 5.04. The number of methoxy groups -OCH3 is 1. The van der Waals surface area contributed by atoms with Gasteiger partial charge in [-0.1, -0.05) is 12.1 Å². The summed E-state index contributed by atoms with van der Waals surface area (Å²) in [5.41, 5.74) is 1.05. The zero-order valence-corrected chi connectivity index (χ0v) is 12.7. The van der Waals surface area contributed by atoms with Gasteiger partial charge in [0, 0.05) is 5.56 Å². The molecule has 0 spiro atoms. The SMILES string of the molecule is COc1ncc(N2C(=O)Nc3ccccc3S2(=O)=O)cc1C. The summed E-state index contributed by atoms with van der Waals surface area (Å²) >= 11 is 0. The maximum Gasteiger partial charge on any atom is 0.340 e. The topological polar surface area (TPSA) is 88.6 Å². The second-order valence-electron chi connectivity index (χ2n) is 4.72. The lowest BCUT2D eigenvalue weighted by Crippen LogP contribution is -2.44. The number of carbonyl (C=O) groups is 1. The predicted octanol–water partition coefficient (Wildman–Crippen LogP) is 2.14. The van der Waals surface area contributed by atoms with Crippen LogP contribution in [0.4, 0.5) is 16.2 Å². The summed E-state index contributed by atoms with van der Waals surface area (Å²) in [6.45, 7) is 1.72. The largest absolute Gasteiger partial charge is 0.481 e. The third-order valence-electron chi connectivity index (χ3n) is 3.28. The standard InChI is InChI=1S/C14H13N3O4S/c1-9-7-10(8-15-13(9)21-2)17-14(18)16-11-5-3-4-6-12(11)22(17,19)20/h3-8H,1-2H3,(H,16,18). The summed E-state index contributed by atoms with van der Waals surface area (Å²) < 4.78 is 31.1. The van der Waals surface area contributed by atoms with Crippen LogP contribution in [0.5, 0.6) is 5.88 Å². The van der Waals surface area contributed by atoms with E-state index in [-0.39, 0.29) is 16.3 Å². The van der Waals surface area contributed by atoms with Gasteiger partial charge in [-0.15, -0.1) is 0 Å². The number of benzene rings is 1. The molecular formula is C14H13N3O4S. The van der Waals surface area contributed by atoms with Crippen molar-refractivity contribution in [1.82, 2.24) is 4.98 Å². The van der Waals surface area contributed by atoms with Gasteiger partial charge in [0.1, 0.15) is 4.90 Å². The molecule has 1 aromatic heterocycles. The van der Waals surface area contributed by atoms with Crippen LogP contribution in [-0.2, 0) is 10.0 Å². The van der Waals surface area contributed by atoms with Crippen LogP contribution >= 0.6 is 0 Å². The zero-order chi connectivity index (χ0) is 15.9. The highest BCUT2D eigenvalue weighted by Crippen LogP contribution is 2.34. The molecule has 1 aliphatic rings. The minimum Gasteiger partial charge on any atom is -0.481 e. The summed E-state index contributed by atoms with van der Waals surface area (Å²) in [4.78, 5) is 16.3. The number of anilines is 2. The normalized spacial score (nSPS) is 15.9. The number of aromatic nitrogens is 1. The minimum atomic E-state index is -3.98. The van der Waals surface area contributed by atoms with Crippen molar-refractivity contribution in [1.29, 1.82) is 0 Å². The highest BCUT2D eigenvalue weighted by Gasteiger charge is 2.38. The lowest BCUT2D eigenvalue weighted by atomic mass is 10.3. The van der Waals surface area contributed by atoms with Crippen molar-refractivity contribution in [2.75, 3.05) is 16.7 Å². The van der Waals surface area contributed by atoms with Crippen LogP contribution in [0.1, 0.15) is 5.56 Å². The molecule has 1 aromatic carbocycles. The van der Waals surface area contributed by atoms with Gasteiger partial charge >= 0.3 is 6.03 Å². The highest BCUT2D eigenvalue weighted by molar-refractivity contribution is 7.94. The Hall–Kier alpha value is -2.61. The molecule has 0 atom stereocenters. The van der Waals surface area contributed by atoms with Gasteiger partial charge in [0.2, 0.25) is 5.88 Å². The molecule has 2 amide bonds. The number of nitrogens with zero attached hydrogens (tertiary/aromatic N) is 2. The van der Waals surface area contributed by atoms with E-state index in [0.29, 0.717) is 15.7 Å². The quantitative estimate of drug-likeness (QED) is 0.916. The number of carbonyl (C=O) groups excluding carboxylic acids is 1. The van der Waals surface area contributed by atoms with Gasteiger partial charge < -0.3 is 10.1 Å². The van der Waals surface area contributed by atoms with E-state index in [1.54, 1.807) is 25.1 Å². The number of hydrogen-bond acceptors (Lipinski definition) is 5. The van der Waals surface area contributed by atoms with Crippen LogP contribution in [0.15, 0.2) is 41.4 Å². The molecular weight excluding hydrogens is 306 g/mol. The van der Waals surface area contributed by atoms with E-state index in [4.69, 9.17) is 4.74 Å². The highest BCUT2D eigenvalue weighted by atomic mass is 32.2. The van der Waals surface area contributed by atoms with Gasteiger partial charge in [-0.05, 0) is 25.1 Å². The van der Waals surface area contributed by atoms with Crippen molar-refractivity contribution >= 4 is 27.4 Å². The molecule has 0 saturated heterocycles. The maximum absolute atomic E-state index is 12.7. The zero-order valence-electron chi connectivity index (χ0n) is 11.9. The molecule has 1 N–H and O–H groups in total. The first-order valence-electron chi connectivity index (χ1n) is 6.41. The fourth-order valence-corrected chi connectivity index (χ4v) is 3.78. The smallest absolute Gasteiger partial charge is 0.340 e. The molecule has 0 bridgehead atoms. The predicted molar refractivity (Wildman–Crippen MR) is 80.7 cm³/mol. The van der Waals surface area contributed by atoms with E-state index in [1.807, 2.05) is 0 Å². The first-order valence-corrected chi connectivity index (χ1v) is 7.85. The molecule has 3 rings (SSSR count). The van der Waals surface area contributed by atoms with Crippen molar-refractivity contribution in [2.45, 2.75) is 11.8 Å². The average molecular weight is 319 g/mol. The first kappa shape index (κ1) is 14.3. The number of ether oxygens (including phenoxy) is 1. The van der Waals surface area contributed by atoms with Gasteiger partial charge in [0.15, 0.2) is 0 Å². The fourth-order valence-electron chi connectivity index (χ4n) is 2.30. The summed E-state index contributed by atoms with van der Waals surface area (Å²) in [6.07, 6.45) is 1.29. The number of pyridine rings is 1. The summed E-state index contributed by atoms with van der Waals surface area (Å²) in [6, 6.07) is 7.04. The number of sulfonamides is 1. The number of aryl methyl sites for hydroxylation is 1. The van der Waals surface area contributed by atoms with Crippen molar-refractivity contribution in [3.8, 4) is 5.88 Å². The van der Waals surface area contributed by atoms with Crippen LogP contribution in [0.2, 0.25) is 0 Å². The van der Waals surface area contributed by atoms with Gasteiger partial charge in [0.05, 0.1) is 24.7 Å². The van der Waals surface area contributed by atoms with Crippen LogP contribution in [0.25, 0.3) is 0 Å². The van der Waals surface area contributed by atoms with Crippen molar-refractivity contribution in [3.05, 3.63) is 42.1 Å². The van der Waals surface area contributed by atoms with Crippen LogP contribution in [0.3, 0.4) is 0 Å². The van der Waals surface area contributed by atoms with Crippen molar-refractivity contribution < 1.29 is 17.9 Å². The Morgan fingerprint density at radius 3 is 2.68 bits per heavy atom. The maximum atomic E-state index is 12.7. The molecule has 22 heavy (non-hydrogen) atoms. The summed E-state index contributed by atoms with van der Waals surface area (Å²) in [5, 5.41) is 2.56. The number of rotatable bonds is 2. The third kappa shape index (κ3) is 2.08. The second-order valence-corrected chi connectivity index (χ2v) is 6.47. The van der Waals surface area contributed by atoms with E-state index >= 15 is 0 Å². The molecule has 1 aliphatic heterocycles. The summed E-state index contributed by atoms with van der Waals surface area (Å²) in [5.74, 6) is 0.374. The second kappa shape index (κ2) is 4.99. The van der Waals surface area contributed by atoms with Crippen molar-refractivity contribution in [2.24, 2.45) is 0 Å². The van der Waals surface area contributed by atoms with Crippen LogP contribution in [0, 0.1) is 6.92 Å². The van der Waals surface area contributed by atoms with Gasteiger partial charge in [-0.3, -0.25) is 0 Å². The molecule has 114 valence electrons. The lowest BCUT2D eigenvalue weighted by Gasteiger charge is -2.28. The monoisotopic (exact) mass is 319 g/mol. The van der Waals surface area contributed by atoms with Gasteiger partial charge in [-0.2, -0.15) is 4.31 Å². The number of para-hydroxylation sites is 1. The molecule has 0 saturated carbocycles. The molecule has 0 radical (unpaired) electrons. The number of urea groups is 1. The van der Waals surface area contributed by atoms with E-state index in [1.165, 1.54) is 25.4 Å². The van der Waals surface area contributed by atoms with Gasteiger partial charge in [0.25, 0.3) is 10.0 Å². The molecule has 8 heteroatoms. The summed E-state index contributed by atoms with van der Waals surface area (Å²) in [7, 11) is -2.51. The van der Waals surface area contributed by atoms with E-state index in [0.717, 1.165) is 0 Å². The Morgan fingerprint density at radius 2 is 2.00 bits per heavy atom. The minimum absolute atomic E-state index is 0.0445. The van der Waals surface area contributed by atoms with Crippen molar-refractivity contribution in [3.63, 3.8) is 0 Å². The van der Waals surface area contributed by atoms with Gasteiger partial charge in [-0.25, -0.2) is 18.2 Å². The Kier molecular flexibility index (Phi) is 3.25. The number of nitrogens with one attached hydrogen (secondary N) is 1. The average Bonchev–Trinajstić information content (AvgIpc) is 2.47. The Morgan fingerprint density at radius 1 is 1.27 bits per heavy atom. The Labute approximate surface area is 127 Å². The first-order chi connectivity index (χ1) is 10.4. The molecule has 0 fully saturated rings. The molecule has 2 aromatic rings. The lowest BCUT2D eigenvalue weighted by molar-refractivity contribution is 0.259. The fraction of sp³-hybridized carbons (Fsp3) is 0.143. The van der Waals surface area contributed by atoms with Crippen LogP contribution < -0.4 is 14.4 Å². The Bertz CT molecular complexity index is 864. The number of amides is 2. The van der Waals surface area contributed by atoms with E-state index < -0.39 is 16.1 Å². The molecule has 7 nitrogen and oxygen atoms in total. The van der Waals surface area contributed by atoms with E-state index in [2.05, 4.69) is 10.3 Å². The number of hydrogen-bond donors (Lipinski definition) is 1. The molecule has 0 unspecified atom stereocenters. The molecule has 2 heterocycles. The van der Waals surface area contributed by atoms with E-state index in [9.17, 15) is 13.2 Å². The van der Waals surface area contributed by atoms with Crippen LogP contribution in [-0.4, -0.2) is 26.5 Å². The Balaban J connectivity index is 2.16. The number of fused-ring (bicyclic) bond motifs is 1.